The van der Waals surface area contributed by atoms with E-state index in [9.17, 15) is 19.4 Å². The van der Waals surface area contributed by atoms with Crippen molar-refractivity contribution in [3.05, 3.63) is 17.0 Å². The standard InChI is InChI=1S/C14H20FN3O5S/c1-7(2)11(21)22-6-14(15)10(20)9(19)13(3,23-14)18-5-4-8(16)17-12(18)24/h4-5,7,9-10,19-20H,6H2,1-3H3,(H2,16,17,24)/t9-,10+,13-,14-/m1/s1. The number of aliphatic hydroxyl groups excluding tert-OH is 2. The highest BCUT2D eigenvalue weighted by atomic mass is 32.1. The van der Waals surface area contributed by atoms with Crippen molar-refractivity contribution in [2.24, 2.45) is 5.92 Å². The van der Waals surface area contributed by atoms with Crippen molar-refractivity contribution in [2.75, 3.05) is 12.3 Å². The molecule has 4 N–H and O–H groups in total. The van der Waals surface area contributed by atoms with E-state index in [4.69, 9.17) is 27.4 Å². The highest BCUT2D eigenvalue weighted by Gasteiger charge is 2.63. The molecule has 0 saturated carbocycles. The lowest BCUT2D eigenvalue weighted by atomic mass is 10.0. The average molecular weight is 361 g/mol. The number of nitrogens with zero attached hydrogens (tertiary/aromatic N) is 2. The van der Waals surface area contributed by atoms with Gasteiger partial charge in [0.2, 0.25) is 4.77 Å². The van der Waals surface area contributed by atoms with E-state index in [-0.39, 0.29) is 10.6 Å². The van der Waals surface area contributed by atoms with Crippen LogP contribution in [0.1, 0.15) is 20.8 Å². The van der Waals surface area contributed by atoms with Gasteiger partial charge in [-0.1, -0.05) is 13.8 Å². The van der Waals surface area contributed by atoms with Crippen LogP contribution in [0.15, 0.2) is 12.3 Å². The molecule has 2 rings (SSSR count). The Morgan fingerprint density at radius 2 is 2.21 bits per heavy atom. The van der Waals surface area contributed by atoms with Crippen LogP contribution in [0.2, 0.25) is 0 Å². The lowest BCUT2D eigenvalue weighted by Crippen LogP contribution is -2.45. The van der Waals surface area contributed by atoms with Crippen LogP contribution in [0.25, 0.3) is 0 Å². The third-order valence-corrected chi connectivity index (χ3v) is 4.14. The highest BCUT2D eigenvalue weighted by Crippen LogP contribution is 2.43. The number of nitrogens with two attached hydrogens (primary N) is 1. The van der Waals surface area contributed by atoms with E-state index >= 15 is 0 Å². The Balaban J connectivity index is 2.31. The summed E-state index contributed by atoms with van der Waals surface area (Å²) >= 11 is 5.05. The highest BCUT2D eigenvalue weighted by molar-refractivity contribution is 7.71. The predicted molar refractivity (Wildman–Crippen MR) is 83.9 cm³/mol. The monoisotopic (exact) mass is 361 g/mol. The summed E-state index contributed by atoms with van der Waals surface area (Å²) < 4.78 is 26.2. The fourth-order valence-corrected chi connectivity index (χ4v) is 2.74. The fraction of sp³-hybridized carbons (Fsp3) is 0.643. The Morgan fingerprint density at radius 1 is 1.58 bits per heavy atom. The zero-order valence-corrected chi connectivity index (χ0v) is 14.3. The summed E-state index contributed by atoms with van der Waals surface area (Å²) in [6.45, 7) is 3.63. The van der Waals surface area contributed by atoms with Gasteiger partial charge in [0, 0.05) is 6.20 Å². The van der Waals surface area contributed by atoms with Gasteiger partial charge in [0.1, 0.15) is 18.0 Å². The number of aliphatic hydroxyl groups is 2. The van der Waals surface area contributed by atoms with E-state index in [1.54, 1.807) is 13.8 Å². The maximum atomic E-state index is 15.0. The Hall–Kier alpha value is -1.62. The number of halogens is 1. The van der Waals surface area contributed by atoms with Crippen LogP contribution < -0.4 is 5.73 Å². The number of anilines is 1. The van der Waals surface area contributed by atoms with E-state index in [2.05, 4.69) is 4.98 Å². The summed E-state index contributed by atoms with van der Waals surface area (Å²) in [4.78, 5) is 15.4. The summed E-state index contributed by atoms with van der Waals surface area (Å²) in [5.41, 5.74) is 3.76. The first-order chi connectivity index (χ1) is 11.0. The van der Waals surface area contributed by atoms with Crippen molar-refractivity contribution in [3.8, 4) is 0 Å². The molecular formula is C14H20FN3O5S. The normalized spacial score (nSPS) is 33.0. The average Bonchev–Trinajstić information content (AvgIpc) is 2.66. The van der Waals surface area contributed by atoms with Crippen molar-refractivity contribution in [2.45, 2.75) is 44.6 Å². The van der Waals surface area contributed by atoms with Gasteiger partial charge in [-0.05, 0) is 25.2 Å². The Morgan fingerprint density at radius 3 is 2.75 bits per heavy atom. The second-order valence-electron chi connectivity index (χ2n) is 6.10. The summed E-state index contributed by atoms with van der Waals surface area (Å²) in [5, 5.41) is 20.4. The quantitative estimate of drug-likeness (QED) is 0.523. The summed E-state index contributed by atoms with van der Waals surface area (Å²) in [6.07, 6.45) is -2.27. The van der Waals surface area contributed by atoms with Gasteiger partial charge >= 0.3 is 5.97 Å². The van der Waals surface area contributed by atoms with Gasteiger partial charge in [-0.15, -0.1) is 0 Å². The fourth-order valence-electron chi connectivity index (χ4n) is 2.39. The van der Waals surface area contributed by atoms with E-state index in [0.29, 0.717) is 0 Å². The molecule has 2 heterocycles. The van der Waals surface area contributed by atoms with Crippen LogP contribution in [0, 0.1) is 10.7 Å². The van der Waals surface area contributed by atoms with E-state index in [1.807, 2.05) is 0 Å². The molecular weight excluding hydrogens is 341 g/mol. The number of carbonyl (C=O) groups excluding carboxylic acids is 1. The summed E-state index contributed by atoms with van der Waals surface area (Å²) in [7, 11) is 0. The molecule has 0 radical (unpaired) electrons. The molecule has 0 amide bonds. The molecule has 1 aromatic rings. The zero-order chi connectivity index (χ0) is 18.3. The van der Waals surface area contributed by atoms with Gasteiger partial charge < -0.3 is 25.4 Å². The van der Waals surface area contributed by atoms with Crippen LogP contribution in [0.5, 0.6) is 0 Å². The van der Waals surface area contributed by atoms with Crippen LogP contribution in [-0.2, 0) is 20.0 Å². The van der Waals surface area contributed by atoms with Gasteiger partial charge in [-0.2, -0.15) is 0 Å². The first kappa shape index (κ1) is 18.7. The molecule has 134 valence electrons. The minimum Gasteiger partial charge on any atom is -0.459 e. The van der Waals surface area contributed by atoms with Crippen LogP contribution in [0.3, 0.4) is 0 Å². The number of hydrogen-bond donors (Lipinski definition) is 3. The largest absolute Gasteiger partial charge is 0.459 e. The molecule has 1 fully saturated rings. The first-order valence-corrected chi connectivity index (χ1v) is 7.69. The minimum absolute atomic E-state index is 0.0628. The number of aromatic nitrogens is 2. The Kier molecular flexibility index (Phi) is 4.96. The molecule has 0 aromatic carbocycles. The van der Waals surface area contributed by atoms with Gasteiger partial charge in [0.25, 0.3) is 5.85 Å². The second kappa shape index (κ2) is 6.36. The third kappa shape index (κ3) is 3.14. The van der Waals surface area contributed by atoms with Gasteiger partial charge in [-0.3, -0.25) is 9.36 Å². The van der Waals surface area contributed by atoms with Gasteiger partial charge in [0.05, 0.1) is 5.92 Å². The number of ether oxygens (including phenoxy) is 2. The molecule has 4 atom stereocenters. The summed E-state index contributed by atoms with van der Waals surface area (Å²) in [6, 6.07) is 1.39. The molecule has 1 aromatic heterocycles. The molecule has 1 saturated heterocycles. The maximum Gasteiger partial charge on any atom is 0.308 e. The number of rotatable bonds is 4. The van der Waals surface area contributed by atoms with Crippen LogP contribution in [-0.4, -0.2) is 50.4 Å². The second-order valence-corrected chi connectivity index (χ2v) is 6.47. The van der Waals surface area contributed by atoms with Crippen LogP contribution in [0.4, 0.5) is 10.2 Å². The van der Waals surface area contributed by atoms with Crippen molar-refractivity contribution < 1.29 is 28.9 Å². The van der Waals surface area contributed by atoms with E-state index in [1.165, 1.54) is 23.8 Å². The molecule has 0 unspecified atom stereocenters. The van der Waals surface area contributed by atoms with Crippen LogP contribution >= 0.6 is 12.2 Å². The molecule has 0 aliphatic carbocycles. The third-order valence-electron chi connectivity index (χ3n) is 3.85. The topological polar surface area (TPSA) is 120 Å². The first-order valence-electron chi connectivity index (χ1n) is 7.29. The van der Waals surface area contributed by atoms with E-state index in [0.717, 1.165) is 0 Å². The molecule has 0 bridgehead atoms. The molecule has 0 spiro atoms. The number of alkyl halides is 1. The number of esters is 1. The van der Waals surface area contributed by atoms with Crippen molar-refractivity contribution in [3.63, 3.8) is 0 Å². The molecule has 24 heavy (non-hydrogen) atoms. The van der Waals surface area contributed by atoms with Crippen molar-refractivity contribution in [1.29, 1.82) is 0 Å². The number of nitrogen functional groups attached to an aromatic ring is 1. The molecule has 8 nitrogen and oxygen atoms in total. The molecule has 10 heteroatoms. The SMILES string of the molecule is CC(C)C(=O)OC[C@@]1(F)O[C@@](C)(n2ccc(N)nc2=S)[C@H](O)[C@@H]1O. The smallest absolute Gasteiger partial charge is 0.308 e. The number of hydrogen-bond acceptors (Lipinski definition) is 8. The van der Waals surface area contributed by atoms with Crippen molar-refractivity contribution in [1.82, 2.24) is 9.55 Å². The van der Waals surface area contributed by atoms with E-state index < -0.39 is 42.3 Å². The molecule has 1 aliphatic rings. The number of carbonyl (C=O) groups is 1. The predicted octanol–water partition coefficient (Wildman–Crippen LogP) is 0.484. The Labute approximate surface area is 143 Å². The Bertz CT molecular complexity index is 699. The van der Waals surface area contributed by atoms with Crippen molar-refractivity contribution >= 4 is 24.0 Å². The molecule has 1 aliphatic heterocycles. The maximum absolute atomic E-state index is 15.0. The minimum atomic E-state index is -2.80. The lowest BCUT2D eigenvalue weighted by molar-refractivity contribution is -0.245. The van der Waals surface area contributed by atoms with Gasteiger partial charge in [-0.25, -0.2) is 9.37 Å². The van der Waals surface area contributed by atoms with Gasteiger partial charge in [0.15, 0.2) is 12.3 Å². The lowest BCUT2D eigenvalue weighted by Gasteiger charge is -2.30. The zero-order valence-electron chi connectivity index (χ0n) is 13.5. The summed E-state index contributed by atoms with van der Waals surface area (Å²) in [5.74, 6) is -3.78.